The van der Waals surface area contributed by atoms with Gasteiger partial charge in [0.15, 0.2) is 5.78 Å². The van der Waals surface area contributed by atoms with Crippen LogP contribution in [0.1, 0.15) is 27.6 Å². The van der Waals surface area contributed by atoms with Crippen molar-refractivity contribution in [2.75, 3.05) is 0 Å². The van der Waals surface area contributed by atoms with Crippen molar-refractivity contribution in [1.29, 1.82) is 10.7 Å². The lowest BCUT2D eigenvalue weighted by Crippen LogP contribution is -2.11. The van der Waals surface area contributed by atoms with E-state index < -0.39 is 5.92 Å². The van der Waals surface area contributed by atoms with Crippen molar-refractivity contribution in [3.8, 4) is 11.8 Å². The van der Waals surface area contributed by atoms with Crippen LogP contribution in [0, 0.1) is 16.7 Å². The van der Waals surface area contributed by atoms with Gasteiger partial charge in [-0.1, -0.05) is 36.0 Å². The van der Waals surface area contributed by atoms with Gasteiger partial charge in [-0.3, -0.25) is 10.2 Å². The monoisotopic (exact) mass is 495 g/mol. The molecule has 1 fully saturated rings. The second-order valence-electron chi connectivity index (χ2n) is 6.39. The quantitative estimate of drug-likeness (QED) is 0.453. The van der Waals surface area contributed by atoms with E-state index in [9.17, 15) is 10.1 Å². The molecule has 2 heterocycles. The number of hydrogen-bond acceptors (Lipinski definition) is 7. The van der Waals surface area contributed by atoms with E-state index in [-0.39, 0.29) is 12.4 Å². The second kappa shape index (κ2) is 8.96. The molecule has 8 heteroatoms. The third-order valence-electron chi connectivity index (χ3n) is 4.46. The molecule has 0 saturated carbocycles. The summed E-state index contributed by atoms with van der Waals surface area (Å²) >= 11 is 6.08. The minimum absolute atomic E-state index is 0.0930. The van der Waals surface area contributed by atoms with Crippen LogP contribution in [0.3, 0.4) is 0 Å². The number of thioether (sulfide) groups is 1. The highest BCUT2D eigenvalue weighted by Crippen LogP contribution is 2.41. The van der Waals surface area contributed by atoms with Crippen molar-refractivity contribution >= 4 is 55.9 Å². The van der Waals surface area contributed by atoms with Gasteiger partial charge in [-0.15, -0.1) is 11.3 Å². The largest absolute Gasteiger partial charge is 0.488 e. The lowest BCUT2D eigenvalue weighted by atomic mass is 10.1. The van der Waals surface area contributed by atoms with Crippen LogP contribution < -0.4 is 4.74 Å². The average Bonchev–Trinajstić information content (AvgIpc) is 3.35. The van der Waals surface area contributed by atoms with Crippen molar-refractivity contribution in [2.45, 2.75) is 12.5 Å². The topological polar surface area (TPSA) is 86.8 Å². The molecule has 1 aromatic heterocycles. The minimum atomic E-state index is -0.590. The van der Waals surface area contributed by atoms with Gasteiger partial charge in [0.05, 0.1) is 26.1 Å². The fourth-order valence-electron chi connectivity index (χ4n) is 2.98. The Morgan fingerprint density at radius 2 is 2.13 bits per heavy atom. The fraction of sp³-hybridized carbons (Fsp3) is 0.0909. The number of allylic oxidation sites excluding steroid dienone is 1. The summed E-state index contributed by atoms with van der Waals surface area (Å²) in [4.78, 5) is 17.5. The highest BCUT2D eigenvalue weighted by Gasteiger charge is 2.38. The Morgan fingerprint density at radius 1 is 1.30 bits per heavy atom. The highest BCUT2D eigenvalue weighted by molar-refractivity contribution is 9.10. The molecule has 3 aromatic rings. The molecule has 2 aromatic carbocycles. The summed E-state index contributed by atoms with van der Waals surface area (Å²) in [5.74, 6) is -0.0410. The van der Waals surface area contributed by atoms with E-state index in [4.69, 9.17) is 10.1 Å². The molecule has 1 aliphatic heterocycles. The van der Waals surface area contributed by atoms with Gasteiger partial charge >= 0.3 is 0 Å². The van der Waals surface area contributed by atoms with Gasteiger partial charge < -0.3 is 4.74 Å². The summed E-state index contributed by atoms with van der Waals surface area (Å²) in [5.41, 5.74) is 2.23. The molecule has 0 unspecified atom stereocenters. The maximum Gasteiger partial charge on any atom is 0.186 e. The molecule has 0 bridgehead atoms. The van der Waals surface area contributed by atoms with Gasteiger partial charge in [0.1, 0.15) is 23.3 Å². The van der Waals surface area contributed by atoms with Crippen LogP contribution in [0.15, 0.2) is 63.4 Å². The number of carbonyl (C=O) groups is 1. The smallest absolute Gasteiger partial charge is 0.186 e. The molecule has 1 saturated heterocycles. The maximum absolute atomic E-state index is 12.8. The van der Waals surface area contributed by atoms with E-state index in [0.29, 0.717) is 26.3 Å². The zero-order chi connectivity index (χ0) is 21.1. The number of rotatable bonds is 5. The van der Waals surface area contributed by atoms with Gasteiger partial charge in [0, 0.05) is 17.1 Å². The number of nitrogens with zero attached hydrogens (tertiary/aromatic N) is 2. The third kappa shape index (κ3) is 4.24. The zero-order valence-corrected chi connectivity index (χ0v) is 18.7. The Morgan fingerprint density at radius 3 is 2.87 bits per heavy atom. The van der Waals surface area contributed by atoms with Gasteiger partial charge in [-0.2, -0.15) is 5.26 Å². The number of ketones is 1. The zero-order valence-electron chi connectivity index (χ0n) is 15.5. The molecule has 0 amide bonds. The number of Topliss-reactive ketones (excluding diaryl/α,β-unsaturated/α-hetero) is 1. The summed E-state index contributed by atoms with van der Waals surface area (Å²) in [6, 6.07) is 15.0. The van der Waals surface area contributed by atoms with Crippen LogP contribution in [0.4, 0.5) is 0 Å². The fourth-order valence-corrected chi connectivity index (χ4v) is 5.29. The number of benzene rings is 2. The molecule has 1 N–H and O–H groups in total. The molecule has 30 heavy (non-hydrogen) atoms. The summed E-state index contributed by atoms with van der Waals surface area (Å²) < 4.78 is 6.61. The number of nitriles is 1. The van der Waals surface area contributed by atoms with Gasteiger partial charge in [-0.05, 0) is 45.8 Å². The van der Waals surface area contributed by atoms with Crippen LogP contribution in [-0.4, -0.2) is 15.8 Å². The number of aromatic nitrogens is 1. The van der Waals surface area contributed by atoms with Crippen molar-refractivity contribution in [2.24, 2.45) is 0 Å². The first kappa shape index (κ1) is 20.5. The molecule has 0 spiro atoms. The van der Waals surface area contributed by atoms with Crippen LogP contribution in [0.5, 0.6) is 5.75 Å². The first-order valence-corrected chi connectivity index (χ1v) is 11.4. The number of thiazole rings is 1. The van der Waals surface area contributed by atoms with Crippen molar-refractivity contribution < 1.29 is 9.53 Å². The Hall–Kier alpha value is -2.73. The maximum atomic E-state index is 12.8. The number of halogens is 1. The number of ether oxygens (including phenoxy) is 1. The first-order chi connectivity index (χ1) is 14.6. The summed E-state index contributed by atoms with van der Waals surface area (Å²) in [7, 11) is 0. The summed E-state index contributed by atoms with van der Waals surface area (Å²) in [6.45, 7) is 0.282. The van der Waals surface area contributed by atoms with Crippen LogP contribution in [0.2, 0.25) is 0 Å². The van der Waals surface area contributed by atoms with E-state index in [2.05, 4.69) is 27.0 Å². The molecule has 0 radical (unpaired) electrons. The normalized spacial score (nSPS) is 17.3. The second-order valence-corrected chi connectivity index (χ2v) is 9.25. The number of nitrogens with one attached hydrogen (secondary N) is 1. The van der Waals surface area contributed by atoms with E-state index >= 15 is 0 Å². The molecule has 5 nitrogen and oxygen atoms in total. The minimum Gasteiger partial charge on any atom is -0.488 e. The average molecular weight is 496 g/mol. The Bertz CT molecular complexity index is 1200. The van der Waals surface area contributed by atoms with E-state index in [0.717, 1.165) is 15.6 Å². The van der Waals surface area contributed by atoms with E-state index in [1.54, 1.807) is 18.3 Å². The lowest BCUT2D eigenvalue weighted by molar-refractivity contribution is -0.114. The van der Waals surface area contributed by atoms with Crippen LogP contribution in [0.25, 0.3) is 6.08 Å². The predicted octanol–water partition coefficient (Wildman–Crippen LogP) is 5.77. The molecule has 1 aliphatic rings. The summed E-state index contributed by atoms with van der Waals surface area (Å²) in [6.07, 6.45) is 3.44. The predicted molar refractivity (Wildman–Crippen MR) is 123 cm³/mol. The van der Waals surface area contributed by atoms with Crippen LogP contribution >= 0.6 is 39.0 Å². The molecule has 4 rings (SSSR count). The Labute approximate surface area is 190 Å². The first-order valence-electron chi connectivity index (χ1n) is 8.89. The summed E-state index contributed by atoms with van der Waals surface area (Å²) in [5, 5.41) is 20.1. The lowest BCUT2D eigenvalue weighted by Gasteiger charge is -2.10. The van der Waals surface area contributed by atoms with Crippen molar-refractivity contribution in [1.82, 2.24) is 4.98 Å². The van der Waals surface area contributed by atoms with E-state index in [1.807, 2.05) is 41.8 Å². The molecule has 148 valence electrons. The van der Waals surface area contributed by atoms with Gasteiger partial charge in [-0.25, -0.2) is 4.98 Å². The highest BCUT2D eigenvalue weighted by atomic mass is 79.9. The van der Waals surface area contributed by atoms with Crippen molar-refractivity contribution in [3.05, 3.63) is 85.1 Å². The van der Waals surface area contributed by atoms with Gasteiger partial charge in [0.2, 0.25) is 0 Å². The number of hydrogen-bond donors (Lipinski definition) is 1. The molecular weight excluding hydrogens is 482 g/mol. The molecular formula is C22H14BrN3O2S2. The number of carbonyl (C=O) groups excluding carboxylic acids is 1. The Kier molecular flexibility index (Phi) is 6.13. The van der Waals surface area contributed by atoms with Gasteiger partial charge in [0.25, 0.3) is 0 Å². The van der Waals surface area contributed by atoms with Crippen molar-refractivity contribution in [3.63, 3.8) is 0 Å². The molecule has 0 aliphatic carbocycles. The molecule has 1 atom stereocenters. The third-order valence-corrected chi connectivity index (χ3v) is 6.91. The SMILES string of the molecule is N#Cc1ccccc1COc1ccc(/C=C2\SC(=N)[C@@H](c3nccs3)C2=O)cc1Br. The van der Waals surface area contributed by atoms with Crippen LogP contribution in [-0.2, 0) is 11.4 Å². The Balaban J connectivity index is 1.50. The standard InChI is InChI=1S/C22H14BrN3O2S2/c23-16-9-13(5-6-17(16)28-12-15-4-2-1-3-14(15)11-24)10-18-20(27)19(21(25)30-18)22-26-7-8-29-22/h1-10,19,25H,12H2/b18-10-,25-21?/t19-/m0/s1. The van der Waals surface area contributed by atoms with E-state index in [1.165, 1.54) is 23.1 Å².